The maximum absolute atomic E-state index is 11.5. The van der Waals surface area contributed by atoms with Gasteiger partial charge in [-0.2, -0.15) is 0 Å². The van der Waals surface area contributed by atoms with Gasteiger partial charge in [-0.3, -0.25) is 0 Å². The third-order valence-electron chi connectivity index (χ3n) is 5.81. The van der Waals surface area contributed by atoms with Gasteiger partial charge in [0.1, 0.15) is 0 Å². The van der Waals surface area contributed by atoms with Crippen LogP contribution in [0, 0.1) is 0 Å². The lowest BCUT2D eigenvalue weighted by Gasteiger charge is -2.45. The van der Waals surface area contributed by atoms with Crippen molar-refractivity contribution in [3.05, 3.63) is 85.0 Å². The molecule has 2 aromatic carbocycles. The zero-order valence-corrected chi connectivity index (χ0v) is 19.8. The summed E-state index contributed by atoms with van der Waals surface area (Å²) in [5.41, 5.74) is 0.880. The Kier molecular flexibility index (Phi) is 6.70. The molecular weight excluding hydrogens is 404 g/mol. The third-order valence-corrected chi connectivity index (χ3v) is 10.9. The number of rotatable bonds is 8. The van der Waals surface area contributed by atoms with E-state index in [-0.39, 0.29) is 17.6 Å². The second-order valence-corrected chi connectivity index (χ2v) is 13.5. The maximum Gasteiger partial charge on any atom is 0.333 e. The van der Waals surface area contributed by atoms with Crippen LogP contribution in [0.3, 0.4) is 0 Å². The van der Waals surface area contributed by atoms with Crippen LogP contribution in [0.5, 0.6) is 0 Å². The number of hydrogen-bond acceptors (Lipinski definition) is 4. The summed E-state index contributed by atoms with van der Waals surface area (Å²) in [5, 5.41) is 12.8. The number of esters is 1. The van der Waals surface area contributed by atoms with Gasteiger partial charge in [-0.15, -0.1) is 0 Å². The standard InChI is InChI=1S/C26H32O4Si/c1-20(2)23(16-18-26(28)19-17-24(27)29-26)30-31(25(3,4)5,21-12-8-6-9-13-21)22-14-10-7-11-15-22/h6-15,17,19,23,28H,1,16,18H2,2-5H3. The van der Waals surface area contributed by atoms with Gasteiger partial charge >= 0.3 is 5.97 Å². The van der Waals surface area contributed by atoms with Crippen molar-refractivity contribution in [3.8, 4) is 0 Å². The summed E-state index contributed by atoms with van der Waals surface area (Å²) < 4.78 is 12.2. The Morgan fingerprint density at radius 3 is 2.00 bits per heavy atom. The predicted molar refractivity (Wildman–Crippen MR) is 127 cm³/mol. The Morgan fingerprint density at radius 2 is 1.61 bits per heavy atom. The quantitative estimate of drug-likeness (QED) is 0.385. The molecule has 1 heterocycles. The number of aliphatic hydroxyl groups is 1. The van der Waals surface area contributed by atoms with E-state index in [2.05, 4.69) is 75.9 Å². The van der Waals surface area contributed by atoms with Crippen molar-refractivity contribution in [1.29, 1.82) is 0 Å². The largest absolute Gasteiger partial charge is 0.426 e. The van der Waals surface area contributed by atoms with Crippen LogP contribution in [-0.4, -0.2) is 31.3 Å². The van der Waals surface area contributed by atoms with Crippen LogP contribution in [0.25, 0.3) is 0 Å². The van der Waals surface area contributed by atoms with Gasteiger partial charge in [0.05, 0.1) is 6.10 Å². The smallest absolute Gasteiger partial charge is 0.333 e. The minimum Gasteiger partial charge on any atom is -0.426 e. The fourth-order valence-electron chi connectivity index (χ4n) is 4.22. The molecule has 2 atom stereocenters. The van der Waals surface area contributed by atoms with Gasteiger partial charge in [0.15, 0.2) is 0 Å². The van der Waals surface area contributed by atoms with E-state index in [1.807, 2.05) is 19.1 Å². The molecule has 1 aliphatic heterocycles. The Labute approximate surface area is 186 Å². The molecule has 0 saturated heterocycles. The van der Waals surface area contributed by atoms with E-state index in [4.69, 9.17) is 9.16 Å². The van der Waals surface area contributed by atoms with Crippen molar-refractivity contribution >= 4 is 24.7 Å². The lowest BCUT2D eigenvalue weighted by Crippen LogP contribution is -2.67. The second kappa shape index (κ2) is 8.95. The molecule has 2 aromatic rings. The maximum atomic E-state index is 11.5. The van der Waals surface area contributed by atoms with Crippen molar-refractivity contribution in [2.24, 2.45) is 0 Å². The Hall–Kier alpha value is -2.47. The van der Waals surface area contributed by atoms with Crippen LogP contribution >= 0.6 is 0 Å². The van der Waals surface area contributed by atoms with Gasteiger partial charge < -0.3 is 14.3 Å². The summed E-state index contributed by atoms with van der Waals surface area (Å²) in [5.74, 6) is -2.11. The summed E-state index contributed by atoms with van der Waals surface area (Å²) in [6.07, 6.45) is 3.09. The summed E-state index contributed by atoms with van der Waals surface area (Å²) in [4.78, 5) is 11.5. The third kappa shape index (κ3) is 4.90. The van der Waals surface area contributed by atoms with E-state index < -0.39 is 20.1 Å². The summed E-state index contributed by atoms with van der Waals surface area (Å²) in [6.45, 7) is 12.8. The minimum atomic E-state index is -2.76. The molecule has 2 unspecified atom stereocenters. The highest BCUT2D eigenvalue weighted by molar-refractivity contribution is 6.99. The Morgan fingerprint density at radius 1 is 1.10 bits per heavy atom. The molecule has 164 valence electrons. The van der Waals surface area contributed by atoms with Crippen molar-refractivity contribution in [1.82, 2.24) is 0 Å². The molecule has 0 bridgehead atoms. The van der Waals surface area contributed by atoms with Crippen molar-refractivity contribution in [2.45, 2.75) is 57.5 Å². The average molecular weight is 437 g/mol. The van der Waals surface area contributed by atoms with E-state index in [0.717, 1.165) is 5.57 Å². The van der Waals surface area contributed by atoms with Crippen molar-refractivity contribution in [3.63, 3.8) is 0 Å². The summed E-state index contributed by atoms with van der Waals surface area (Å²) in [7, 11) is -2.76. The van der Waals surface area contributed by atoms with Crippen LogP contribution < -0.4 is 10.4 Å². The van der Waals surface area contributed by atoms with Crippen LogP contribution in [0.1, 0.15) is 40.5 Å². The normalized spacial score (nSPS) is 19.8. The number of cyclic esters (lactones) is 1. The van der Waals surface area contributed by atoms with Gasteiger partial charge in [-0.1, -0.05) is 93.6 Å². The van der Waals surface area contributed by atoms with E-state index in [1.54, 1.807) is 0 Å². The van der Waals surface area contributed by atoms with Gasteiger partial charge in [-0.05, 0) is 34.8 Å². The molecule has 1 N–H and O–H groups in total. The van der Waals surface area contributed by atoms with Gasteiger partial charge in [0, 0.05) is 12.5 Å². The second-order valence-electron chi connectivity index (χ2n) is 9.25. The molecule has 0 spiro atoms. The highest BCUT2D eigenvalue weighted by Gasteiger charge is 2.51. The minimum absolute atomic E-state index is 0.167. The van der Waals surface area contributed by atoms with Crippen LogP contribution in [-0.2, 0) is 14.0 Å². The lowest BCUT2D eigenvalue weighted by molar-refractivity contribution is -0.180. The molecule has 0 amide bonds. The molecule has 0 aromatic heterocycles. The first-order valence-electron chi connectivity index (χ1n) is 10.7. The molecule has 4 nitrogen and oxygen atoms in total. The first kappa shape index (κ1) is 23.2. The zero-order chi connectivity index (χ0) is 22.7. The molecule has 1 aliphatic rings. The first-order chi connectivity index (χ1) is 14.6. The molecule has 31 heavy (non-hydrogen) atoms. The number of carbonyl (C=O) groups excluding carboxylic acids is 1. The predicted octanol–water partition coefficient (Wildman–Crippen LogP) is 4.09. The number of ether oxygens (including phenoxy) is 1. The van der Waals surface area contributed by atoms with Crippen molar-refractivity contribution < 1.29 is 19.1 Å². The molecule has 0 saturated carbocycles. The fourth-order valence-corrected chi connectivity index (χ4v) is 8.98. The van der Waals surface area contributed by atoms with Gasteiger partial charge in [-0.25, -0.2) is 4.79 Å². The van der Waals surface area contributed by atoms with Crippen molar-refractivity contribution in [2.75, 3.05) is 0 Å². The molecule has 0 radical (unpaired) electrons. The van der Waals surface area contributed by atoms with E-state index in [9.17, 15) is 9.90 Å². The Bertz CT molecular complexity index is 907. The first-order valence-corrected chi connectivity index (χ1v) is 12.6. The zero-order valence-electron chi connectivity index (χ0n) is 18.8. The highest BCUT2D eigenvalue weighted by Crippen LogP contribution is 2.39. The molecular formula is C26H32O4Si. The van der Waals surface area contributed by atoms with E-state index in [0.29, 0.717) is 6.42 Å². The SMILES string of the molecule is C=C(C)C(CCC1(O)C=CC(=O)O1)O[Si](c1ccccc1)(c1ccccc1)C(C)(C)C. The molecule has 0 aliphatic carbocycles. The number of hydrogen-bond donors (Lipinski definition) is 1. The average Bonchev–Trinajstić information content (AvgIpc) is 3.07. The van der Waals surface area contributed by atoms with E-state index >= 15 is 0 Å². The van der Waals surface area contributed by atoms with Crippen LogP contribution in [0.2, 0.25) is 5.04 Å². The molecule has 5 heteroatoms. The Balaban J connectivity index is 2.03. The molecule has 0 fully saturated rings. The number of carbonyl (C=O) groups is 1. The molecule has 3 rings (SSSR count). The summed E-state index contributed by atoms with van der Waals surface area (Å²) >= 11 is 0. The highest BCUT2D eigenvalue weighted by atomic mass is 28.4. The van der Waals surface area contributed by atoms with Gasteiger partial charge in [0.2, 0.25) is 5.79 Å². The van der Waals surface area contributed by atoms with Crippen LogP contribution in [0.4, 0.5) is 0 Å². The topological polar surface area (TPSA) is 55.8 Å². The number of benzene rings is 2. The summed E-state index contributed by atoms with van der Waals surface area (Å²) in [6, 6.07) is 20.8. The fraction of sp³-hybridized carbons (Fsp3) is 0.346. The van der Waals surface area contributed by atoms with Gasteiger partial charge in [0.25, 0.3) is 8.32 Å². The van der Waals surface area contributed by atoms with E-state index in [1.165, 1.54) is 22.5 Å². The lowest BCUT2D eigenvalue weighted by atomic mass is 10.0. The monoisotopic (exact) mass is 436 g/mol. The van der Waals surface area contributed by atoms with Crippen LogP contribution in [0.15, 0.2) is 85.0 Å².